The van der Waals surface area contributed by atoms with E-state index in [4.69, 9.17) is 4.74 Å². The number of carbonyl (C=O) groups excluding carboxylic acids is 4. The monoisotopic (exact) mass is 777 g/mol. The van der Waals surface area contributed by atoms with E-state index in [1.165, 1.54) is 31.3 Å². The molecule has 2 atom stereocenters. The van der Waals surface area contributed by atoms with Crippen LogP contribution in [0.1, 0.15) is 67.8 Å². The van der Waals surface area contributed by atoms with E-state index in [9.17, 15) is 28.0 Å². The van der Waals surface area contributed by atoms with Gasteiger partial charge in [0.25, 0.3) is 11.8 Å². The molecule has 1 aromatic heterocycles. The van der Waals surface area contributed by atoms with Crippen molar-refractivity contribution in [2.75, 3.05) is 66.9 Å². The highest BCUT2D eigenvalue weighted by molar-refractivity contribution is 6.02. The van der Waals surface area contributed by atoms with Gasteiger partial charge in [-0.05, 0) is 87.3 Å². The number of nitrogens with zero attached hydrogens (tertiary/aromatic N) is 6. The normalized spacial score (nSPS) is 21.9. The Hall–Kier alpha value is -5.45. The lowest BCUT2D eigenvalue weighted by Crippen LogP contribution is -2.47. The van der Waals surface area contributed by atoms with Crippen molar-refractivity contribution in [1.29, 1.82) is 0 Å². The number of hydrogen-bond acceptors (Lipinski definition) is 11. The second-order valence-corrected chi connectivity index (χ2v) is 15.2. The molecule has 2 aromatic carbocycles. The largest absolute Gasteiger partial charge is 0.495 e. The third-order valence-corrected chi connectivity index (χ3v) is 11.3. The molecule has 14 nitrogen and oxygen atoms in total. The third kappa shape index (κ3) is 7.81. The van der Waals surface area contributed by atoms with Gasteiger partial charge >= 0.3 is 5.92 Å². The summed E-state index contributed by atoms with van der Waals surface area (Å²) < 4.78 is 50.4. The highest BCUT2D eigenvalue weighted by Gasteiger charge is 2.48. The van der Waals surface area contributed by atoms with Gasteiger partial charge in [-0.2, -0.15) is 13.8 Å². The molecule has 3 N–H and O–H groups in total. The molecule has 3 fully saturated rings. The molecule has 5 heterocycles. The number of nitrogens with one attached hydrogen (secondary N) is 3. The van der Waals surface area contributed by atoms with Crippen LogP contribution in [0.5, 0.6) is 5.75 Å². The van der Waals surface area contributed by atoms with Crippen molar-refractivity contribution < 1.29 is 37.1 Å². The van der Waals surface area contributed by atoms with Gasteiger partial charge in [0, 0.05) is 51.3 Å². The number of halogens is 3. The number of alkyl halides is 2. The highest BCUT2D eigenvalue weighted by atomic mass is 19.3. The van der Waals surface area contributed by atoms with Gasteiger partial charge in [-0.25, -0.2) is 14.4 Å². The van der Waals surface area contributed by atoms with Gasteiger partial charge in [0.2, 0.25) is 17.8 Å². The molecule has 56 heavy (non-hydrogen) atoms. The summed E-state index contributed by atoms with van der Waals surface area (Å²) in [4.78, 5) is 62.7. The molecular weight excluding hydrogens is 731 g/mol. The first-order valence-electron chi connectivity index (χ1n) is 18.9. The molecule has 3 aromatic rings. The van der Waals surface area contributed by atoms with Crippen molar-refractivity contribution in [3.63, 3.8) is 0 Å². The van der Waals surface area contributed by atoms with Crippen LogP contribution in [0.3, 0.4) is 0 Å². The summed E-state index contributed by atoms with van der Waals surface area (Å²) in [7, 11) is 2.73. The Kier molecular flexibility index (Phi) is 10.8. The second kappa shape index (κ2) is 15.6. The SMILES string of the molecule is COc1cc(C(=O)NN2CCC(C3CCN(c4ccc(C5CCC(=O)NC5=O)cc4F)C3)CC2)ccc1Nc1ncc2c(n1)N(C(C)C)CC(F)(F)C(=O)N2C. The number of hydrogen-bond donors (Lipinski definition) is 3. The Balaban J connectivity index is 0.935. The summed E-state index contributed by atoms with van der Waals surface area (Å²) >= 11 is 0. The van der Waals surface area contributed by atoms with Crippen LogP contribution in [0.15, 0.2) is 42.6 Å². The molecule has 298 valence electrons. The highest BCUT2D eigenvalue weighted by Crippen LogP contribution is 2.39. The van der Waals surface area contributed by atoms with Crippen LogP contribution >= 0.6 is 0 Å². The van der Waals surface area contributed by atoms with Crippen LogP contribution in [0.4, 0.5) is 42.0 Å². The zero-order valence-electron chi connectivity index (χ0n) is 31.8. The van der Waals surface area contributed by atoms with E-state index in [0.29, 0.717) is 59.6 Å². The number of amides is 4. The molecular formula is C39H46F3N9O5. The minimum atomic E-state index is -3.61. The van der Waals surface area contributed by atoms with Gasteiger partial charge in [0.1, 0.15) is 17.3 Å². The average Bonchev–Trinajstić information content (AvgIpc) is 3.64. The topological polar surface area (TPSA) is 152 Å². The number of benzene rings is 2. The molecule has 7 rings (SSSR count). The fourth-order valence-corrected chi connectivity index (χ4v) is 8.16. The summed E-state index contributed by atoms with van der Waals surface area (Å²) in [6.45, 7) is 5.43. The van der Waals surface area contributed by atoms with E-state index in [0.717, 1.165) is 37.3 Å². The number of methoxy groups -OCH3 is 1. The Labute approximate surface area is 322 Å². The van der Waals surface area contributed by atoms with Gasteiger partial charge < -0.3 is 24.8 Å². The van der Waals surface area contributed by atoms with Crippen LogP contribution in [0.2, 0.25) is 0 Å². The molecule has 4 aliphatic heterocycles. The molecule has 4 aliphatic rings. The number of rotatable bonds is 9. The smallest absolute Gasteiger partial charge is 0.342 e. The van der Waals surface area contributed by atoms with Crippen LogP contribution in [-0.4, -0.2) is 97.5 Å². The predicted molar refractivity (Wildman–Crippen MR) is 203 cm³/mol. The number of ether oxygens (including phenoxy) is 1. The molecule has 4 amide bonds. The number of anilines is 5. The maximum atomic E-state index is 15.3. The van der Waals surface area contributed by atoms with Gasteiger partial charge in [-0.15, -0.1) is 0 Å². The van der Waals surface area contributed by atoms with Crippen molar-refractivity contribution in [2.24, 2.45) is 11.8 Å². The van der Waals surface area contributed by atoms with Crippen LogP contribution < -0.4 is 35.5 Å². The first kappa shape index (κ1) is 38.8. The third-order valence-electron chi connectivity index (χ3n) is 11.3. The van der Waals surface area contributed by atoms with Crippen molar-refractivity contribution in [3.8, 4) is 5.75 Å². The van der Waals surface area contributed by atoms with E-state index < -0.39 is 24.3 Å². The second-order valence-electron chi connectivity index (χ2n) is 15.2. The zero-order valence-corrected chi connectivity index (χ0v) is 31.8. The lowest BCUT2D eigenvalue weighted by atomic mass is 9.84. The predicted octanol–water partition coefficient (Wildman–Crippen LogP) is 4.60. The maximum absolute atomic E-state index is 15.3. The summed E-state index contributed by atoms with van der Waals surface area (Å²) in [6.07, 6.45) is 4.62. The van der Waals surface area contributed by atoms with E-state index >= 15 is 4.39 Å². The first-order valence-corrected chi connectivity index (χ1v) is 18.9. The maximum Gasteiger partial charge on any atom is 0.342 e. The molecule has 17 heteroatoms. The zero-order chi connectivity index (χ0) is 39.9. The van der Waals surface area contributed by atoms with E-state index in [2.05, 4.69) is 30.9 Å². The van der Waals surface area contributed by atoms with Gasteiger partial charge in [-0.3, -0.25) is 29.9 Å². The standard InChI is InChI=1S/C39H46F3N9O5/c1-22(2)51-21-39(41,42)37(55)48(3)31-19-43-38(46-34(31)51)44-29-8-5-25(18-32(29)56-4)35(53)47-50-15-12-23(13-16-50)26-11-14-49(20-26)30-9-6-24(17-28(30)40)27-7-10-33(52)45-36(27)54/h5-6,8-9,17-19,22-23,26-27H,7,10-16,20-21H2,1-4H3,(H,47,53)(H,43,44,46)(H,45,52,54). The lowest BCUT2D eigenvalue weighted by Gasteiger charge is -2.35. The number of piperidine rings is 2. The quantitative estimate of drug-likeness (QED) is 0.262. The van der Waals surface area contributed by atoms with E-state index in [-0.39, 0.29) is 53.5 Å². The van der Waals surface area contributed by atoms with Crippen LogP contribution in [0.25, 0.3) is 0 Å². The molecule has 0 aliphatic carbocycles. The van der Waals surface area contributed by atoms with E-state index in [1.54, 1.807) is 44.2 Å². The minimum Gasteiger partial charge on any atom is -0.495 e. The van der Waals surface area contributed by atoms with Crippen LogP contribution in [0, 0.1) is 17.7 Å². The molecule has 0 bridgehead atoms. The number of carbonyl (C=O) groups is 4. The Morgan fingerprint density at radius 2 is 1.75 bits per heavy atom. The van der Waals surface area contributed by atoms with Gasteiger partial charge in [-0.1, -0.05) is 6.07 Å². The first-order chi connectivity index (χ1) is 26.7. The summed E-state index contributed by atoms with van der Waals surface area (Å²) in [5.41, 5.74) is 5.07. The number of aromatic nitrogens is 2. The fourth-order valence-electron chi connectivity index (χ4n) is 8.16. The van der Waals surface area contributed by atoms with E-state index in [1.807, 2.05) is 5.01 Å². The molecule has 0 spiro atoms. The number of fused-ring (bicyclic) bond motifs is 1. The van der Waals surface area contributed by atoms with Gasteiger partial charge in [0.15, 0.2) is 5.82 Å². The summed E-state index contributed by atoms with van der Waals surface area (Å²) in [5, 5.41) is 7.31. The Morgan fingerprint density at radius 1 is 1.00 bits per heavy atom. The van der Waals surface area contributed by atoms with Crippen molar-refractivity contribution >= 4 is 52.5 Å². The Bertz CT molecular complexity index is 2030. The fraction of sp³-hybridized carbons (Fsp3) is 0.487. The number of hydrazine groups is 1. The molecule has 0 saturated carbocycles. The molecule has 3 saturated heterocycles. The van der Waals surface area contributed by atoms with Crippen LogP contribution in [-0.2, 0) is 14.4 Å². The van der Waals surface area contributed by atoms with Gasteiger partial charge in [0.05, 0.1) is 37.1 Å². The Morgan fingerprint density at radius 3 is 2.45 bits per heavy atom. The van der Waals surface area contributed by atoms with Crippen molar-refractivity contribution in [2.45, 2.75) is 63.8 Å². The summed E-state index contributed by atoms with van der Waals surface area (Å²) in [5.74, 6) is -5.42. The summed E-state index contributed by atoms with van der Waals surface area (Å²) in [6, 6.07) is 9.43. The minimum absolute atomic E-state index is 0.0945. The van der Waals surface area contributed by atoms with Crippen molar-refractivity contribution in [3.05, 3.63) is 59.5 Å². The molecule has 2 unspecified atom stereocenters. The lowest BCUT2D eigenvalue weighted by molar-refractivity contribution is -0.140. The molecule has 0 radical (unpaired) electrons. The average molecular weight is 778 g/mol. The number of imide groups is 1. The van der Waals surface area contributed by atoms with Crippen molar-refractivity contribution in [1.82, 2.24) is 25.7 Å².